The van der Waals surface area contributed by atoms with Crippen molar-refractivity contribution >= 4 is 10.9 Å². The summed E-state index contributed by atoms with van der Waals surface area (Å²) in [6, 6.07) is 8.38. The molecular weight excluding hydrogens is 174 g/mol. The van der Waals surface area contributed by atoms with Crippen molar-refractivity contribution in [2.45, 2.75) is 20.1 Å². The topological polar surface area (TPSA) is 13.1 Å². The fourth-order valence-electron chi connectivity index (χ4n) is 2.11. The van der Waals surface area contributed by atoms with E-state index < -0.39 is 0 Å². The minimum absolute atomic E-state index is 0.121. The number of hydrogen-bond donors (Lipinski definition) is 0. The molecule has 0 radical (unpaired) electrons. The van der Waals surface area contributed by atoms with Gasteiger partial charge in [-0.3, -0.25) is 0 Å². The van der Waals surface area contributed by atoms with Crippen molar-refractivity contribution in [3.05, 3.63) is 36.0 Å². The van der Waals surface area contributed by atoms with Gasteiger partial charge in [0.05, 0.1) is 5.39 Å². The molecule has 0 aliphatic carbocycles. The normalized spacial score (nSPS) is 18.6. The monoisotopic (exact) mass is 186 g/mol. The molecule has 1 aliphatic heterocycles. The highest BCUT2D eigenvalue weighted by atomic mass is 16.5. The molecule has 1 unspecified atom stereocenters. The molecule has 0 amide bonds. The van der Waals surface area contributed by atoms with Gasteiger partial charge in [-0.15, -0.1) is 0 Å². The van der Waals surface area contributed by atoms with Crippen LogP contribution in [0.4, 0.5) is 0 Å². The summed E-state index contributed by atoms with van der Waals surface area (Å²) in [5, 5.41) is 1.29. The highest BCUT2D eigenvalue weighted by Crippen LogP contribution is 2.31. The molecule has 3 rings (SSSR count). The lowest BCUT2D eigenvalue weighted by molar-refractivity contribution is -0.715. The Bertz CT molecular complexity index is 519. The summed E-state index contributed by atoms with van der Waals surface area (Å²) in [4.78, 5) is 0. The van der Waals surface area contributed by atoms with Gasteiger partial charge in [-0.05, 0) is 24.6 Å². The minimum Gasteiger partial charge on any atom is -0.427 e. The summed E-state index contributed by atoms with van der Waals surface area (Å²) in [6.45, 7) is 4.20. The van der Waals surface area contributed by atoms with Gasteiger partial charge in [-0.1, -0.05) is 6.07 Å². The average molecular weight is 186 g/mol. The number of hydrogen-bond acceptors (Lipinski definition) is 1. The van der Waals surface area contributed by atoms with Crippen LogP contribution < -0.4 is 9.30 Å². The summed E-state index contributed by atoms with van der Waals surface area (Å²) < 4.78 is 7.92. The summed E-state index contributed by atoms with van der Waals surface area (Å²) in [5.74, 6) is 0.999. The van der Waals surface area contributed by atoms with E-state index in [0.717, 1.165) is 5.75 Å². The maximum atomic E-state index is 5.74. The van der Waals surface area contributed by atoms with E-state index in [0.29, 0.717) is 0 Å². The molecule has 0 N–H and O–H groups in total. The van der Waals surface area contributed by atoms with Crippen LogP contribution in [0, 0.1) is 6.92 Å². The summed E-state index contributed by atoms with van der Waals surface area (Å²) in [7, 11) is 0. The van der Waals surface area contributed by atoms with Crippen LogP contribution >= 0.6 is 0 Å². The average Bonchev–Trinajstić information content (AvgIpc) is 2.52. The van der Waals surface area contributed by atoms with Gasteiger partial charge >= 0.3 is 0 Å². The summed E-state index contributed by atoms with van der Waals surface area (Å²) in [5.41, 5.74) is 2.52. The van der Waals surface area contributed by atoms with Crippen molar-refractivity contribution in [1.29, 1.82) is 0 Å². The zero-order valence-corrected chi connectivity index (χ0v) is 8.32. The molecule has 0 bridgehead atoms. The number of benzene rings is 1. The first-order valence-corrected chi connectivity index (χ1v) is 4.87. The molecule has 14 heavy (non-hydrogen) atoms. The predicted molar refractivity (Wildman–Crippen MR) is 54.2 cm³/mol. The Hall–Kier alpha value is -1.57. The van der Waals surface area contributed by atoms with Crippen molar-refractivity contribution in [3.63, 3.8) is 0 Å². The Kier molecular flexibility index (Phi) is 1.38. The highest BCUT2D eigenvalue weighted by molar-refractivity contribution is 5.85. The Morgan fingerprint density at radius 2 is 2.14 bits per heavy atom. The number of aryl methyl sites for hydroxylation is 1. The Morgan fingerprint density at radius 3 is 3.00 bits per heavy atom. The van der Waals surface area contributed by atoms with Gasteiger partial charge in [-0.2, -0.15) is 4.57 Å². The largest absolute Gasteiger partial charge is 0.427 e. The van der Waals surface area contributed by atoms with E-state index in [1.165, 1.54) is 16.5 Å². The quantitative estimate of drug-likeness (QED) is 0.575. The van der Waals surface area contributed by atoms with Crippen LogP contribution in [0.15, 0.2) is 30.5 Å². The molecule has 1 aromatic carbocycles. The van der Waals surface area contributed by atoms with Crippen LogP contribution in [0.2, 0.25) is 0 Å². The lowest BCUT2D eigenvalue weighted by Gasteiger charge is -1.97. The van der Waals surface area contributed by atoms with Crippen LogP contribution in [0.3, 0.4) is 0 Å². The molecule has 70 valence electrons. The first-order chi connectivity index (χ1) is 6.77. The fourth-order valence-corrected chi connectivity index (χ4v) is 2.11. The minimum atomic E-state index is 0.121. The number of nitrogens with zero attached hydrogens (tertiary/aromatic N) is 1. The summed E-state index contributed by atoms with van der Waals surface area (Å²) in [6.07, 6.45) is 2.19. The number of rotatable bonds is 0. The van der Waals surface area contributed by atoms with E-state index >= 15 is 0 Å². The van der Waals surface area contributed by atoms with Crippen molar-refractivity contribution in [2.75, 3.05) is 0 Å². The molecule has 1 aliphatic rings. The molecule has 2 aromatic rings. The van der Waals surface area contributed by atoms with E-state index in [2.05, 4.69) is 48.9 Å². The van der Waals surface area contributed by atoms with Crippen LogP contribution in [-0.2, 0) is 0 Å². The van der Waals surface area contributed by atoms with Gasteiger partial charge in [-0.25, -0.2) is 0 Å². The lowest BCUT2D eigenvalue weighted by Crippen LogP contribution is -2.36. The second-order valence-electron chi connectivity index (χ2n) is 3.78. The van der Waals surface area contributed by atoms with Gasteiger partial charge in [0, 0.05) is 13.0 Å². The smallest absolute Gasteiger partial charge is 0.299 e. The molecule has 0 fully saturated rings. The lowest BCUT2D eigenvalue weighted by atomic mass is 10.1. The molecule has 0 saturated carbocycles. The molecule has 2 heterocycles. The third kappa shape index (κ3) is 0.830. The Balaban J connectivity index is 2.52. The first kappa shape index (κ1) is 7.80. The number of pyridine rings is 1. The standard InChI is InChI=1S/C12H12NO/c1-8-5-6-11-12-10(8)4-3-7-13(12)9(2)14-11/h3-7,9H,1-2H3/q+1. The predicted octanol–water partition coefficient (Wildman–Crippen LogP) is 2.35. The molecule has 1 aromatic heterocycles. The molecule has 2 nitrogen and oxygen atoms in total. The molecular formula is C12H12NO+. The maximum absolute atomic E-state index is 5.74. The SMILES string of the molecule is Cc1ccc2c3c1ccc[n+]3C(C)O2. The second-order valence-corrected chi connectivity index (χ2v) is 3.78. The third-order valence-corrected chi connectivity index (χ3v) is 2.86. The van der Waals surface area contributed by atoms with Gasteiger partial charge in [0.15, 0.2) is 11.9 Å². The van der Waals surface area contributed by atoms with Crippen molar-refractivity contribution < 1.29 is 9.30 Å². The van der Waals surface area contributed by atoms with E-state index in [4.69, 9.17) is 4.74 Å². The van der Waals surface area contributed by atoms with Gasteiger partial charge < -0.3 is 4.74 Å². The van der Waals surface area contributed by atoms with Gasteiger partial charge in [0.2, 0.25) is 0 Å². The third-order valence-electron chi connectivity index (χ3n) is 2.86. The van der Waals surface area contributed by atoms with Gasteiger partial charge in [0.25, 0.3) is 11.7 Å². The molecule has 1 atom stereocenters. The van der Waals surface area contributed by atoms with E-state index in [-0.39, 0.29) is 6.23 Å². The molecule has 2 heteroatoms. The van der Waals surface area contributed by atoms with E-state index in [9.17, 15) is 0 Å². The van der Waals surface area contributed by atoms with Crippen LogP contribution in [0.25, 0.3) is 10.9 Å². The Morgan fingerprint density at radius 1 is 1.29 bits per heavy atom. The molecule has 0 spiro atoms. The van der Waals surface area contributed by atoms with Crippen LogP contribution in [0.1, 0.15) is 18.7 Å². The van der Waals surface area contributed by atoms with Crippen LogP contribution in [-0.4, -0.2) is 0 Å². The summed E-state index contributed by atoms with van der Waals surface area (Å²) >= 11 is 0. The van der Waals surface area contributed by atoms with E-state index in [1.54, 1.807) is 0 Å². The second kappa shape index (κ2) is 2.47. The van der Waals surface area contributed by atoms with Crippen molar-refractivity contribution in [1.82, 2.24) is 0 Å². The first-order valence-electron chi connectivity index (χ1n) is 4.87. The Labute approximate surface area is 82.7 Å². The zero-order chi connectivity index (χ0) is 9.71. The van der Waals surface area contributed by atoms with Crippen molar-refractivity contribution in [2.24, 2.45) is 0 Å². The van der Waals surface area contributed by atoms with Crippen molar-refractivity contribution in [3.8, 4) is 5.75 Å². The zero-order valence-electron chi connectivity index (χ0n) is 8.32. The maximum Gasteiger partial charge on any atom is 0.299 e. The van der Waals surface area contributed by atoms with Crippen LogP contribution in [0.5, 0.6) is 5.75 Å². The highest BCUT2D eigenvalue weighted by Gasteiger charge is 2.29. The van der Waals surface area contributed by atoms with Gasteiger partial charge in [0.1, 0.15) is 0 Å². The molecule has 0 saturated heterocycles. The fraction of sp³-hybridized carbons (Fsp3) is 0.250. The number of aromatic nitrogens is 1. The number of ether oxygens (including phenoxy) is 1. The van der Waals surface area contributed by atoms with E-state index in [1.807, 2.05) is 0 Å².